The maximum atomic E-state index is 13.2. The molecule has 1 aliphatic heterocycles. The van der Waals surface area contributed by atoms with Crippen LogP contribution in [0.2, 0.25) is 5.02 Å². The Morgan fingerprint density at radius 3 is 2.47 bits per heavy atom. The number of hydrogen-bond acceptors (Lipinski definition) is 6. The van der Waals surface area contributed by atoms with Gasteiger partial charge in [0, 0.05) is 10.7 Å². The molecule has 1 amide bonds. The third kappa shape index (κ3) is 3.61. The van der Waals surface area contributed by atoms with E-state index in [2.05, 4.69) is 0 Å². The molecule has 1 atom stereocenters. The molecule has 32 heavy (non-hydrogen) atoms. The third-order valence-corrected chi connectivity index (χ3v) is 5.46. The molecule has 7 nitrogen and oxygen atoms in total. The van der Waals surface area contributed by atoms with E-state index in [0.717, 1.165) is 0 Å². The Morgan fingerprint density at radius 2 is 1.84 bits per heavy atom. The van der Waals surface area contributed by atoms with Gasteiger partial charge in [0.2, 0.25) is 0 Å². The monoisotopic (exact) mass is 453 g/mol. The summed E-state index contributed by atoms with van der Waals surface area (Å²) in [5.41, 5.74) is 0.482. The molecule has 2 heterocycles. The minimum atomic E-state index is -1.00. The molecule has 0 bridgehead atoms. The molecular formula is C24H20ClNO6. The minimum Gasteiger partial charge on any atom is -0.507 e. The quantitative estimate of drug-likeness (QED) is 0.336. The number of Topliss-reactive ketones (excluding diaryl/α,β-unsaturated/α-hetero) is 1. The Morgan fingerprint density at radius 1 is 1.06 bits per heavy atom. The average molecular weight is 454 g/mol. The van der Waals surface area contributed by atoms with Gasteiger partial charge < -0.3 is 19.0 Å². The second kappa shape index (κ2) is 8.43. The van der Waals surface area contributed by atoms with Crippen LogP contribution in [0.1, 0.15) is 23.1 Å². The number of amides is 1. The second-order valence-corrected chi connectivity index (χ2v) is 7.60. The fourth-order valence-electron chi connectivity index (χ4n) is 3.74. The van der Waals surface area contributed by atoms with Crippen LogP contribution in [-0.2, 0) is 9.59 Å². The van der Waals surface area contributed by atoms with E-state index in [1.54, 1.807) is 55.5 Å². The molecule has 1 saturated heterocycles. The van der Waals surface area contributed by atoms with Crippen LogP contribution < -0.4 is 14.4 Å². The number of ketones is 1. The summed E-state index contributed by atoms with van der Waals surface area (Å²) in [7, 11) is 2.92. The van der Waals surface area contributed by atoms with Gasteiger partial charge in [-0.15, -0.1) is 0 Å². The summed E-state index contributed by atoms with van der Waals surface area (Å²) < 4.78 is 16.4. The van der Waals surface area contributed by atoms with Gasteiger partial charge in [-0.3, -0.25) is 14.5 Å². The van der Waals surface area contributed by atoms with Crippen LogP contribution in [0.4, 0.5) is 5.69 Å². The number of halogens is 1. The first-order valence-corrected chi connectivity index (χ1v) is 10.1. The number of carbonyl (C=O) groups is 2. The van der Waals surface area contributed by atoms with E-state index in [1.165, 1.54) is 25.2 Å². The first-order chi connectivity index (χ1) is 15.3. The van der Waals surface area contributed by atoms with Crippen molar-refractivity contribution in [1.29, 1.82) is 0 Å². The van der Waals surface area contributed by atoms with Gasteiger partial charge in [0.15, 0.2) is 0 Å². The van der Waals surface area contributed by atoms with E-state index >= 15 is 0 Å². The number of furan rings is 1. The molecule has 8 heteroatoms. The van der Waals surface area contributed by atoms with Crippen molar-refractivity contribution in [1.82, 2.24) is 0 Å². The summed E-state index contributed by atoms with van der Waals surface area (Å²) >= 11 is 6.13. The summed E-state index contributed by atoms with van der Waals surface area (Å²) in [6.07, 6.45) is 0. The number of carbonyl (C=O) groups excluding carboxylic acids is 2. The van der Waals surface area contributed by atoms with Gasteiger partial charge in [-0.2, -0.15) is 0 Å². The molecule has 164 valence electrons. The van der Waals surface area contributed by atoms with Crippen molar-refractivity contribution in [2.24, 2.45) is 0 Å². The van der Waals surface area contributed by atoms with Crippen LogP contribution in [0.25, 0.3) is 5.76 Å². The number of aliphatic hydroxyl groups is 1. The molecule has 3 aromatic rings. The molecule has 4 rings (SSSR count). The summed E-state index contributed by atoms with van der Waals surface area (Å²) in [4.78, 5) is 27.6. The van der Waals surface area contributed by atoms with Gasteiger partial charge in [-0.25, -0.2) is 0 Å². The summed E-state index contributed by atoms with van der Waals surface area (Å²) in [5, 5.41) is 11.7. The van der Waals surface area contributed by atoms with Crippen molar-refractivity contribution < 1.29 is 28.6 Å². The van der Waals surface area contributed by atoms with E-state index in [9.17, 15) is 14.7 Å². The summed E-state index contributed by atoms with van der Waals surface area (Å²) in [6.45, 7) is 1.75. The lowest BCUT2D eigenvalue weighted by atomic mass is 9.98. The smallest absolute Gasteiger partial charge is 0.300 e. The van der Waals surface area contributed by atoms with Crippen molar-refractivity contribution in [3.63, 3.8) is 0 Å². The first kappa shape index (κ1) is 21.5. The van der Waals surface area contributed by atoms with Crippen molar-refractivity contribution in [2.45, 2.75) is 13.0 Å². The molecule has 0 saturated carbocycles. The highest BCUT2D eigenvalue weighted by molar-refractivity contribution is 6.51. The van der Waals surface area contributed by atoms with Gasteiger partial charge in [0.25, 0.3) is 11.7 Å². The number of anilines is 1. The lowest BCUT2D eigenvalue weighted by Crippen LogP contribution is -2.29. The Labute approximate surface area is 189 Å². The van der Waals surface area contributed by atoms with Crippen LogP contribution >= 0.6 is 11.6 Å². The van der Waals surface area contributed by atoms with Crippen molar-refractivity contribution >= 4 is 34.7 Å². The van der Waals surface area contributed by atoms with Crippen LogP contribution in [0.15, 0.2) is 64.6 Å². The number of nitrogens with zero attached hydrogens (tertiary/aromatic N) is 1. The predicted molar refractivity (Wildman–Crippen MR) is 119 cm³/mol. The molecule has 1 N–H and O–H groups in total. The molecule has 1 fully saturated rings. The average Bonchev–Trinajstić information content (AvgIpc) is 3.33. The van der Waals surface area contributed by atoms with E-state index < -0.39 is 23.5 Å². The Bertz CT molecular complexity index is 1240. The largest absolute Gasteiger partial charge is 0.507 e. The number of rotatable bonds is 5. The van der Waals surface area contributed by atoms with Crippen molar-refractivity contribution in [3.05, 3.63) is 82.3 Å². The molecule has 0 radical (unpaired) electrons. The standard InChI is InChI=1S/C24H20ClNO6/c1-13-7-9-19(32-13)21-20(22(27)17-12-16(30-2)8-10-18(17)31-3)23(28)24(29)26(21)15-6-4-5-14(25)11-15/h4-12,21,27H,1-3H3/b22-20-. The zero-order valence-electron chi connectivity index (χ0n) is 17.6. The first-order valence-electron chi connectivity index (χ1n) is 9.71. The highest BCUT2D eigenvalue weighted by Gasteiger charge is 2.48. The lowest BCUT2D eigenvalue weighted by molar-refractivity contribution is -0.132. The van der Waals surface area contributed by atoms with Crippen molar-refractivity contribution in [3.8, 4) is 11.5 Å². The third-order valence-electron chi connectivity index (χ3n) is 5.22. The van der Waals surface area contributed by atoms with E-state index in [-0.39, 0.29) is 11.1 Å². The fraction of sp³-hybridized carbons (Fsp3) is 0.167. The minimum absolute atomic E-state index is 0.129. The molecule has 1 aromatic heterocycles. The van der Waals surface area contributed by atoms with Crippen molar-refractivity contribution in [2.75, 3.05) is 19.1 Å². The molecular weight excluding hydrogens is 434 g/mol. The van der Waals surface area contributed by atoms with E-state index in [1.807, 2.05) is 0 Å². The topological polar surface area (TPSA) is 89.2 Å². The number of hydrogen-bond donors (Lipinski definition) is 1. The zero-order valence-corrected chi connectivity index (χ0v) is 18.3. The number of aryl methyl sites for hydroxylation is 1. The fourth-order valence-corrected chi connectivity index (χ4v) is 3.92. The molecule has 1 unspecified atom stereocenters. The Balaban J connectivity index is 1.98. The van der Waals surface area contributed by atoms with Gasteiger partial charge >= 0.3 is 0 Å². The number of methoxy groups -OCH3 is 2. The second-order valence-electron chi connectivity index (χ2n) is 7.16. The summed E-state index contributed by atoms with van der Waals surface area (Å²) in [6, 6.07) is 13.7. The van der Waals surface area contributed by atoms with Gasteiger partial charge in [-0.1, -0.05) is 17.7 Å². The number of ether oxygens (including phenoxy) is 2. The predicted octanol–water partition coefficient (Wildman–Crippen LogP) is 4.88. The Kier molecular flexibility index (Phi) is 5.67. The highest BCUT2D eigenvalue weighted by Crippen LogP contribution is 2.44. The summed E-state index contributed by atoms with van der Waals surface area (Å²) in [5.74, 6) is -0.391. The maximum absolute atomic E-state index is 13.2. The zero-order chi connectivity index (χ0) is 23.0. The van der Waals surface area contributed by atoms with Gasteiger partial charge in [0.1, 0.15) is 34.8 Å². The SMILES string of the molecule is COc1ccc(OC)c(/C(O)=C2/C(=O)C(=O)N(c3cccc(Cl)c3)C2c2ccc(C)o2)c1. The van der Waals surface area contributed by atoms with Crippen LogP contribution in [0, 0.1) is 6.92 Å². The van der Waals surface area contributed by atoms with Gasteiger partial charge in [0.05, 0.1) is 25.4 Å². The van der Waals surface area contributed by atoms with Crippen LogP contribution in [-0.4, -0.2) is 31.0 Å². The molecule has 0 aliphatic carbocycles. The number of aliphatic hydroxyl groups excluding tert-OH is 1. The lowest BCUT2D eigenvalue weighted by Gasteiger charge is -2.23. The van der Waals surface area contributed by atoms with Crippen LogP contribution in [0.3, 0.4) is 0 Å². The van der Waals surface area contributed by atoms with Gasteiger partial charge in [-0.05, 0) is 55.5 Å². The Hall–Kier alpha value is -3.71. The highest BCUT2D eigenvalue weighted by atomic mass is 35.5. The molecule has 0 spiro atoms. The van der Waals surface area contributed by atoms with E-state index in [4.69, 9.17) is 25.5 Å². The number of benzene rings is 2. The maximum Gasteiger partial charge on any atom is 0.300 e. The molecule has 1 aliphatic rings. The van der Waals surface area contributed by atoms with E-state index in [0.29, 0.717) is 33.7 Å². The molecule has 2 aromatic carbocycles. The van der Waals surface area contributed by atoms with Crippen LogP contribution in [0.5, 0.6) is 11.5 Å². The normalized spacial score (nSPS) is 17.6.